The lowest BCUT2D eigenvalue weighted by Gasteiger charge is -2.32. The van der Waals surface area contributed by atoms with E-state index in [1.807, 2.05) is 0 Å². The summed E-state index contributed by atoms with van der Waals surface area (Å²) < 4.78 is 0. The first-order valence-electron chi connectivity index (χ1n) is 6.99. The van der Waals surface area contributed by atoms with Gasteiger partial charge in [0.25, 0.3) is 0 Å². The minimum absolute atomic E-state index is 0.295. The number of hydrogen-bond acceptors (Lipinski definition) is 2. The fourth-order valence-corrected chi connectivity index (χ4v) is 2.88. The topological polar surface area (TPSA) is 44.9 Å². The van der Waals surface area contributed by atoms with Gasteiger partial charge >= 0.3 is 0 Å². The number of piperidine rings is 1. The molecule has 0 spiro atoms. The van der Waals surface area contributed by atoms with Gasteiger partial charge < -0.3 is 10.6 Å². The van der Waals surface area contributed by atoms with Gasteiger partial charge in [0.05, 0.1) is 0 Å². The van der Waals surface area contributed by atoms with Crippen molar-refractivity contribution >= 4 is 5.96 Å². The fourth-order valence-electron chi connectivity index (χ4n) is 2.88. The molecular weight excluding hydrogens is 212 g/mol. The lowest BCUT2D eigenvalue weighted by Crippen LogP contribution is -2.43. The molecule has 0 aromatic heterocycles. The van der Waals surface area contributed by atoms with Gasteiger partial charge in [-0.3, -0.25) is 9.89 Å². The molecule has 0 aromatic rings. The second-order valence-corrected chi connectivity index (χ2v) is 5.57. The Morgan fingerprint density at radius 2 is 1.88 bits per heavy atom. The van der Waals surface area contributed by atoms with Gasteiger partial charge in [-0.2, -0.15) is 0 Å². The van der Waals surface area contributed by atoms with Crippen LogP contribution in [0.4, 0.5) is 0 Å². The minimum atomic E-state index is 0.295. The monoisotopic (exact) mass is 238 g/mol. The Balaban J connectivity index is 1.86. The molecule has 2 fully saturated rings. The molecule has 0 amide bonds. The van der Waals surface area contributed by atoms with E-state index < -0.39 is 0 Å². The van der Waals surface area contributed by atoms with Gasteiger partial charge in [-0.1, -0.05) is 6.42 Å². The van der Waals surface area contributed by atoms with Gasteiger partial charge in [0.1, 0.15) is 0 Å². The summed E-state index contributed by atoms with van der Waals surface area (Å²) in [6.07, 6.45) is 5.39. The maximum absolute atomic E-state index is 6.03. The van der Waals surface area contributed by atoms with Crippen molar-refractivity contribution in [3.8, 4) is 0 Å². The van der Waals surface area contributed by atoms with Crippen molar-refractivity contribution in [2.75, 3.05) is 26.2 Å². The Labute approximate surface area is 105 Å². The van der Waals surface area contributed by atoms with Crippen LogP contribution in [0.15, 0.2) is 4.99 Å². The third kappa shape index (κ3) is 3.35. The summed E-state index contributed by atoms with van der Waals surface area (Å²) in [5.41, 5.74) is 6.03. The maximum Gasteiger partial charge on any atom is 0.191 e. The van der Waals surface area contributed by atoms with Crippen molar-refractivity contribution in [1.82, 2.24) is 9.80 Å². The van der Waals surface area contributed by atoms with Crippen LogP contribution in [0.5, 0.6) is 0 Å². The molecule has 0 aromatic carbocycles. The number of nitrogens with two attached hydrogens (primary N) is 1. The molecule has 2 aliphatic heterocycles. The highest BCUT2D eigenvalue weighted by Gasteiger charge is 2.29. The number of rotatable bonds is 2. The third-order valence-corrected chi connectivity index (χ3v) is 3.78. The number of hydrogen-bond donors (Lipinski definition) is 1. The summed E-state index contributed by atoms with van der Waals surface area (Å²) in [6, 6.07) is 1.00. The van der Waals surface area contributed by atoms with Gasteiger partial charge in [-0.25, -0.2) is 0 Å². The zero-order valence-electron chi connectivity index (χ0n) is 11.2. The predicted octanol–water partition coefficient (Wildman–Crippen LogP) is 1.27. The van der Waals surface area contributed by atoms with E-state index in [2.05, 4.69) is 28.6 Å². The van der Waals surface area contributed by atoms with E-state index in [-0.39, 0.29) is 0 Å². The lowest BCUT2D eigenvalue weighted by molar-refractivity contribution is 0.169. The smallest absolute Gasteiger partial charge is 0.191 e. The van der Waals surface area contributed by atoms with Crippen LogP contribution in [0.2, 0.25) is 0 Å². The van der Waals surface area contributed by atoms with E-state index in [4.69, 9.17) is 5.73 Å². The summed E-state index contributed by atoms with van der Waals surface area (Å²) in [6.45, 7) is 8.85. The van der Waals surface area contributed by atoms with E-state index in [1.54, 1.807) is 0 Å². The minimum Gasteiger partial charge on any atom is -0.370 e. The Bertz CT molecular complexity index is 269. The zero-order chi connectivity index (χ0) is 12.3. The van der Waals surface area contributed by atoms with Crippen LogP contribution in [0.3, 0.4) is 0 Å². The first-order chi connectivity index (χ1) is 8.16. The quantitative estimate of drug-likeness (QED) is 0.582. The van der Waals surface area contributed by atoms with Crippen LogP contribution in [-0.2, 0) is 0 Å². The van der Waals surface area contributed by atoms with Gasteiger partial charge in [0, 0.05) is 25.2 Å². The van der Waals surface area contributed by atoms with Crippen molar-refractivity contribution in [2.45, 2.75) is 51.6 Å². The number of aliphatic imine (C=N–C) groups is 1. The van der Waals surface area contributed by atoms with Gasteiger partial charge in [0.2, 0.25) is 0 Å². The molecule has 2 saturated heterocycles. The van der Waals surface area contributed by atoms with E-state index in [9.17, 15) is 0 Å². The second kappa shape index (κ2) is 5.71. The van der Waals surface area contributed by atoms with E-state index in [0.29, 0.717) is 12.1 Å². The first-order valence-corrected chi connectivity index (χ1v) is 6.99. The van der Waals surface area contributed by atoms with Crippen LogP contribution >= 0.6 is 0 Å². The van der Waals surface area contributed by atoms with E-state index in [0.717, 1.165) is 19.0 Å². The molecule has 1 atom stereocenters. The number of guanidine groups is 1. The van der Waals surface area contributed by atoms with Gasteiger partial charge in [-0.05, 0) is 46.2 Å². The van der Waals surface area contributed by atoms with Crippen LogP contribution in [0, 0.1) is 0 Å². The van der Waals surface area contributed by atoms with E-state index in [1.165, 1.54) is 38.8 Å². The van der Waals surface area contributed by atoms with Gasteiger partial charge in [0.15, 0.2) is 5.96 Å². The number of nitrogens with zero attached hydrogens (tertiary/aromatic N) is 3. The fraction of sp³-hybridized carbons (Fsp3) is 0.923. The molecule has 17 heavy (non-hydrogen) atoms. The second-order valence-electron chi connectivity index (χ2n) is 5.57. The standard InChI is InChI=1S/C13H26N4/c1-11(2)15-13(14)17-9-6-12(10-17)16-7-4-3-5-8-16/h11-12H,3-10H2,1-2H3,(H2,14,15). The average molecular weight is 238 g/mol. The van der Waals surface area contributed by atoms with Crippen LogP contribution in [0.1, 0.15) is 39.5 Å². The highest BCUT2D eigenvalue weighted by atomic mass is 15.3. The van der Waals surface area contributed by atoms with Crippen molar-refractivity contribution < 1.29 is 0 Å². The molecule has 4 heteroatoms. The van der Waals surface area contributed by atoms with E-state index >= 15 is 0 Å². The molecule has 0 bridgehead atoms. The summed E-state index contributed by atoms with van der Waals surface area (Å²) in [5.74, 6) is 0.736. The molecule has 98 valence electrons. The average Bonchev–Trinajstić information content (AvgIpc) is 2.78. The molecule has 0 saturated carbocycles. The van der Waals surface area contributed by atoms with Crippen molar-refractivity contribution in [1.29, 1.82) is 0 Å². The Hall–Kier alpha value is -0.770. The summed E-state index contributed by atoms with van der Waals surface area (Å²) in [4.78, 5) is 9.34. The maximum atomic E-state index is 6.03. The first kappa shape index (κ1) is 12.7. The molecule has 2 aliphatic rings. The molecule has 2 rings (SSSR count). The third-order valence-electron chi connectivity index (χ3n) is 3.78. The van der Waals surface area contributed by atoms with Crippen LogP contribution in [0.25, 0.3) is 0 Å². The summed E-state index contributed by atoms with van der Waals surface area (Å²) >= 11 is 0. The molecule has 4 nitrogen and oxygen atoms in total. The normalized spacial score (nSPS) is 28.1. The molecule has 1 unspecified atom stereocenters. The van der Waals surface area contributed by atoms with Crippen LogP contribution < -0.4 is 5.73 Å². The Kier molecular flexibility index (Phi) is 4.26. The molecule has 0 radical (unpaired) electrons. The summed E-state index contributed by atoms with van der Waals surface area (Å²) in [5, 5.41) is 0. The van der Waals surface area contributed by atoms with Crippen LogP contribution in [-0.4, -0.2) is 54.0 Å². The lowest BCUT2D eigenvalue weighted by atomic mass is 10.1. The Morgan fingerprint density at radius 3 is 2.53 bits per heavy atom. The predicted molar refractivity (Wildman–Crippen MR) is 72.2 cm³/mol. The molecule has 2 N–H and O–H groups in total. The van der Waals surface area contributed by atoms with Gasteiger partial charge in [-0.15, -0.1) is 0 Å². The van der Waals surface area contributed by atoms with Crippen molar-refractivity contribution in [3.63, 3.8) is 0 Å². The van der Waals surface area contributed by atoms with Crippen molar-refractivity contribution in [3.05, 3.63) is 0 Å². The highest BCUT2D eigenvalue weighted by Crippen LogP contribution is 2.19. The highest BCUT2D eigenvalue weighted by molar-refractivity contribution is 5.78. The molecular formula is C13H26N4. The zero-order valence-corrected chi connectivity index (χ0v) is 11.2. The SMILES string of the molecule is CC(C)N=C(N)N1CCC(N2CCCCC2)C1. The largest absolute Gasteiger partial charge is 0.370 e. The summed E-state index contributed by atoms with van der Waals surface area (Å²) in [7, 11) is 0. The number of likely N-dealkylation sites (tertiary alicyclic amines) is 2. The molecule has 2 heterocycles. The Morgan fingerprint density at radius 1 is 1.18 bits per heavy atom. The van der Waals surface area contributed by atoms with Crippen molar-refractivity contribution in [2.24, 2.45) is 10.7 Å². The molecule has 0 aliphatic carbocycles.